The highest BCUT2D eigenvalue weighted by atomic mass is 15.2. The van der Waals surface area contributed by atoms with E-state index in [1.54, 1.807) is 0 Å². The molecule has 0 spiro atoms. The van der Waals surface area contributed by atoms with Crippen LogP contribution in [0.4, 0.5) is 0 Å². The van der Waals surface area contributed by atoms with Gasteiger partial charge in [0.05, 0.1) is 0 Å². The fourth-order valence-electron chi connectivity index (χ4n) is 2.46. The van der Waals surface area contributed by atoms with Gasteiger partial charge in [-0.25, -0.2) is 0 Å². The molecule has 0 aromatic heterocycles. The van der Waals surface area contributed by atoms with Gasteiger partial charge in [0, 0.05) is 25.2 Å². The Balaban J connectivity index is 1.80. The fourth-order valence-corrected chi connectivity index (χ4v) is 2.46. The van der Waals surface area contributed by atoms with E-state index in [4.69, 9.17) is 5.73 Å². The Morgan fingerprint density at radius 1 is 1.38 bits per heavy atom. The molecule has 2 atom stereocenters. The lowest BCUT2D eigenvalue weighted by atomic mass is 10.1. The van der Waals surface area contributed by atoms with Crippen molar-refractivity contribution in [1.29, 1.82) is 0 Å². The zero-order valence-electron chi connectivity index (χ0n) is 8.71. The van der Waals surface area contributed by atoms with Crippen molar-refractivity contribution in [3.63, 3.8) is 0 Å². The van der Waals surface area contributed by atoms with Crippen LogP contribution in [0.5, 0.6) is 0 Å². The summed E-state index contributed by atoms with van der Waals surface area (Å²) in [5, 5.41) is 0. The van der Waals surface area contributed by atoms with E-state index >= 15 is 0 Å². The first-order valence-corrected chi connectivity index (χ1v) is 5.79. The van der Waals surface area contributed by atoms with Crippen LogP contribution in [0.25, 0.3) is 0 Å². The molecule has 2 N–H and O–H groups in total. The van der Waals surface area contributed by atoms with Gasteiger partial charge in [0.25, 0.3) is 0 Å². The summed E-state index contributed by atoms with van der Waals surface area (Å²) >= 11 is 0. The van der Waals surface area contributed by atoms with E-state index in [0.29, 0.717) is 6.04 Å². The highest BCUT2D eigenvalue weighted by Crippen LogP contribution is 2.35. The van der Waals surface area contributed by atoms with Crippen LogP contribution < -0.4 is 5.73 Å². The molecule has 1 aliphatic carbocycles. The summed E-state index contributed by atoms with van der Waals surface area (Å²) in [6, 6.07) is 1.29. The largest absolute Gasteiger partial charge is 0.326 e. The van der Waals surface area contributed by atoms with Gasteiger partial charge in [-0.1, -0.05) is 19.8 Å². The standard InChI is InChI=1S/C11H22N2/c1-2-11(7-9-3-4-9)13-6-5-10(12)8-13/h9-11H,2-8,12H2,1H3. The summed E-state index contributed by atoms with van der Waals surface area (Å²) < 4.78 is 0. The highest BCUT2D eigenvalue weighted by molar-refractivity contribution is 4.86. The third-order valence-corrected chi connectivity index (χ3v) is 3.55. The molecule has 1 saturated carbocycles. The molecule has 0 bridgehead atoms. The Morgan fingerprint density at radius 2 is 2.15 bits per heavy atom. The normalized spacial score (nSPS) is 32.3. The average Bonchev–Trinajstić information content (AvgIpc) is 2.84. The molecule has 2 heteroatoms. The van der Waals surface area contributed by atoms with Crippen molar-refractivity contribution in [3.05, 3.63) is 0 Å². The molecule has 0 aromatic rings. The zero-order valence-corrected chi connectivity index (χ0v) is 8.71. The Labute approximate surface area is 81.5 Å². The van der Waals surface area contributed by atoms with Crippen LogP contribution in [0.1, 0.15) is 39.0 Å². The average molecular weight is 182 g/mol. The smallest absolute Gasteiger partial charge is 0.0180 e. The quantitative estimate of drug-likeness (QED) is 0.715. The van der Waals surface area contributed by atoms with Crippen molar-refractivity contribution in [2.75, 3.05) is 13.1 Å². The van der Waals surface area contributed by atoms with Gasteiger partial charge in [-0.05, 0) is 25.2 Å². The summed E-state index contributed by atoms with van der Waals surface area (Å²) in [4.78, 5) is 2.61. The lowest BCUT2D eigenvalue weighted by Crippen LogP contribution is -2.35. The van der Waals surface area contributed by atoms with E-state index in [9.17, 15) is 0 Å². The number of rotatable bonds is 4. The van der Waals surface area contributed by atoms with Crippen LogP contribution in [0.15, 0.2) is 0 Å². The van der Waals surface area contributed by atoms with Gasteiger partial charge in [0.2, 0.25) is 0 Å². The number of nitrogens with two attached hydrogens (primary N) is 1. The highest BCUT2D eigenvalue weighted by Gasteiger charge is 2.30. The van der Waals surface area contributed by atoms with Crippen LogP contribution in [0, 0.1) is 5.92 Å². The molecule has 2 rings (SSSR count). The molecule has 0 amide bonds. The van der Waals surface area contributed by atoms with Crippen molar-refractivity contribution in [2.45, 2.75) is 51.1 Å². The lowest BCUT2D eigenvalue weighted by molar-refractivity contribution is 0.214. The SMILES string of the molecule is CCC(CC1CC1)N1CCC(N)C1. The van der Waals surface area contributed by atoms with Crippen LogP contribution >= 0.6 is 0 Å². The minimum atomic E-state index is 0.452. The fraction of sp³-hybridized carbons (Fsp3) is 1.00. The van der Waals surface area contributed by atoms with Crippen LogP contribution in [-0.4, -0.2) is 30.1 Å². The number of hydrogen-bond acceptors (Lipinski definition) is 2. The molecule has 1 aliphatic heterocycles. The maximum atomic E-state index is 5.92. The van der Waals surface area contributed by atoms with E-state index in [0.717, 1.165) is 18.5 Å². The molecule has 13 heavy (non-hydrogen) atoms. The monoisotopic (exact) mass is 182 g/mol. The predicted octanol–water partition coefficient (Wildman–Crippen LogP) is 1.60. The molecular formula is C11H22N2. The van der Waals surface area contributed by atoms with Gasteiger partial charge in [0.1, 0.15) is 0 Å². The van der Waals surface area contributed by atoms with Crippen LogP contribution in [0.2, 0.25) is 0 Å². The summed E-state index contributed by atoms with van der Waals surface area (Å²) in [5.74, 6) is 1.06. The first-order valence-electron chi connectivity index (χ1n) is 5.79. The number of nitrogens with zero attached hydrogens (tertiary/aromatic N) is 1. The van der Waals surface area contributed by atoms with Crippen molar-refractivity contribution in [3.8, 4) is 0 Å². The maximum absolute atomic E-state index is 5.92. The molecule has 2 nitrogen and oxygen atoms in total. The van der Waals surface area contributed by atoms with E-state index < -0.39 is 0 Å². The van der Waals surface area contributed by atoms with Gasteiger partial charge in [-0.3, -0.25) is 4.90 Å². The summed E-state index contributed by atoms with van der Waals surface area (Å²) in [6.45, 7) is 4.70. The van der Waals surface area contributed by atoms with Crippen molar-refractivity contribution >= 4 is 0 Å². The van der Waals surface area contributed by atoms with E-state index in [-0.39, 0.29) is 0 Å². The molecule has 1 heterocycles. The predicted molar refractivity (Wildman–Crippen MR) is 55.6 cm³/mol. The van der Waals surface area contributed by atoms with Crippen LogP contribution in [0.3, 0.4) is 0 Å². The third kappa shape index (κ3) is 2.44. The topological polar surface area (TPSA) is 29.3 Å². The van der Waals surface area contributed by atoms with E-state index in [2.05, 4.69) is 11.8 Å². The first kappa shape index (κ1) is 9.47. The minimum Gasteiger partial charge on any atom is -0.326 e. The molecule has 0 aromatic carbocycles. The first-order chi connectivity index (χ1) is 6.29. The number of hydrogen-bond donors (Lipinski definition) is 1. The molecule has 76 valence electrons. The van der Waals surface area contributed by atoms with Crippen molar-refractivity contribution in [1.82, 2.24) is 4.90 Å². The molecule has 0 radical (unpaired) electrons. The lowest BCUT2D eigenvalue weighted by Gasteiger charge is -2.26. The van der Waals surface area contributed by atoms with Crippen molar-refractivity contribution < 1.29 is 0 Å². The summed E-state index contributed by atoms with van der Waals surface area (Å²) in [7, 11) is 0. The Kier molecular flexibility index (Phi) is 2.89. The van der Waals surface area contributed by atoms with Gasteiger partial charge in [-0.15, -0.1) is 0 Å². The van der Waals surface area contributed by atoms with Gasteiger partial charge in [0.15, 0.2) is 0 Å². The Morgan fingerprint density at radius 3 is 2.62 bits per heavy atom. The second kappa shape index (κ2) is 3.97. The molecule has 1 saturated heterocycles. The Hall–Kier alpha value is -0.0800. The Bertz CT molecular complexity index is 165. The maximum Gasteiger partial charge on any atom is 0.0180 e. The van der Waals surface area contributed by atoms with E-state index in [1.165, 1.54) is 38.6 Å². The van der Waals surface area contributed by atoms with Crippen LogP contribution in [-0.2, 0) is 0 Å². The van der Waals surface area contributed by atoms with Crippen molar-refractivity contribution in [2.24, 2.45) is 11.7 Å². The minimum absolute atomic E-state index is 0.452. The van der Waals surface area contributed by atoms with Gasteiger partial charge >= 0.3 is 0 Å². The molecular weight excluding hydrogens is 160 g/mol. The molecule has 2 fully saturated rings. The summed E-state index contributed by atoms with van der Waals surface area (Å²) in [6.07, 6.45) is 6.92. The van der Waals surface area contributed by atoms with Gasteiger partial charge in [-0.2, -0.15) is 0 Å². The zero-order chi connectivity index (χ0) is 9.26. The van der Waals surface area contributed by atoms with E-state index in [1.807, 2.05) is 0 Å². The second-order valence-electron chi connectivity index (χ2n) is 4.78. The number of likely N-dealkylation sites (tertiary alicyclic amines) is 1. The van der Waals surface area contributed by atoms with Gasteiger partial charge < -0.3 is 5.73 Å². The molecule has 2 aliphatic rings. The summed E-state index contributed by atoms with van der Waals surface area (Å²) in [5.41, 5.74) is 5.92. The molecule has 2 unspecified atom stereocenters. The third-order valence-electron chi connectivity index (χ3n) is 3.55. The second-order valence-corrected chi connectivity index (χ2v) is 4.78.